The molecule has 0 N–H and O–H groups in total. The molecular weight excluding hydrogens is 292 g/mol. The van der Waals surface area contributed by atoms with Crippen LogP contribution in [-0.2, 0) is 13.0 Å². The van der Waals surface area contributed by atoms with Crippen LogP contribution in [0.4, 0.5) is 0 Å². The topological polar surface area (TPSA) is 43.6 Å². The fourth-order valence-corrected chi connectivity index (χ4v) is 3.90. The fourth-order valence-electron chi connectivity index (χ4n) is 3.37. The van der Waals surface area contributed by atoms with E-state index in [1.54, 1.807) is 11.3 Å². The van der Waals surface area contributed by atoms with Gasteiger partial charge in [-0.2, -0.15) is 0 Å². The third-order valence-electron chi connectivity index (χ3n) is 4.61. The minimum Gasteiger partial charge on any atom is -0.309 e. The molecule has 0 spiro atoms. The van der Waals surface area contributed by atoms with Crippen molar-refractivity contribution in [2.75, 3.05) is 0 Å². The molecule has 3 heterocycles. The molecule has 1 unspecified atom stereocenters. The third-order valence-corrected chi connectivity index (χ3v) is 5.20. The van der Waals surface area contributed by atoms with Crippen LogP contribution in [0.15, 0.2) is 41.2 Å². The summed E-state index contributed by atoms with van der Waals surface area (Å²) in [6, 6.07) is 10.8. The molecule has 22 heavy (non-hydrogen) atoms. The number of fused-ring (bicyclic) bond motifs is 1. The van der Waals surface area contributed by atoms with Gasteiger partial charge in [-0.1, -0.05) is 44.2 Å². The molecule has 4 nitrogen and oxygen atoms in total. The number of hydrogen-bond donors (Lipinski definition) is 0. The van der Waals surface area contributed by atoms with Crippen molar-refractivity contribution in [3.05, 3.63) is 52.6 Å². The van der Waals surface area contributed by atoms with Crippen molar-refractivity contribution in [3.63, 3.8) is 0 Å². The Kier molecular flexibility index (Phi) is 3.11. The molecule has 0 saturated heterocycles. The summed E-state index contributed by atoms with van der Waals surface area (Å²) < 4.78 is 2.25. The van der Waals surface area contributed by atoms with Crippen molar-refractivity contribution >= 4 is 11.3 Å². The third kappa shape index (κ3) is 2.16. The summed E-state index contributed by atoms with van der Waals surface area (Å²) in [5.74, 6) is 2.42. The fraction of sp³-hybridized carbons (Fsp3) is 0.353. The minimum absolute atomic E-state index is 0.170. The standard InChI is InChI=1S/C17H18N4S/c1-17(2)8-15-19-20-16(14-10-22-11-18-14)21(15)9-13(17)12-6-4-3-5-7-12/h3-7,10-11,13H,8-9H2,1-2H3. The lowest BCUT2D eigenvalue weighted by atomic mass is 9.70. The maximum absolute atomic E-state index is 4.41. The second kappa shape index (κ2) is 5.02. The molecule has 1 aromatic carbocycles. The first-order chi connectivity index (χ1) is 10.6. The van der Waals surface area contributed by atoms with Crippen LogP contribution >= 0.6 is 11.3 Å². The lowest BCUT2D eigenvalue weighted by Gasteiger charge is -2.39. The molecule has 0 bridgehead atoms. The maximum atomic E-state index is 4.41. The van der Waals surface area contributed by atoms with Crippen molar-refractivity contribution in [2.45, 2.75) is 32.7 Å². The van der Waals surface area contributed by atoms with Crippen molar-refractivity contribution in [3.8, 4) is 11.5 Å². The summed E-state index contributed by atoms with van der Waals surface area (Å²) in [4.78, 5) is 4.40. The van der Waals surface area contributed by atoms with Gasteiger partial charge in [0.2, 0.25) is 0 Å². The van der Waals surface area contributed by atoms with Gasteiger partial charge < -0.3 is 4.57 Å². The normalized spacial score (nSPS) is 19.8. The number of rotatable bonds is 2. The van der Waals surface area contributed by atoms with E-state index >= 15 is 0 Å². The number of hydrogen-bond acceptors (Lipinski definition) is 4. The van der Waals surface area contributed by atoms with Gasteiger partial charge in [0.05, 0.1) is 5.51 Å². The van der Waals surface area contributed by atoms with E-state index in [0.29, 0.717) is 5.92 Å². The Bertz CT molecular complexity index is 774. The van der Waals surface area contributed by atoms with Crippen molar-refractivity contribution in [1.29, 1.82) is 0 Å². The summed E-state index contributed by atoms with van der Waals surface area (Å²) in [6.07, 6.45) is 0.934. The van der Waals surface area contributed by atoms with Gasteiger partial charge in [0.1, 0.15) is 11.5 Å². The first-order valence-corrected chi connectivity index (χ1v) is 8.45. The van der Waals surface area contributed by atoms with Crippen LogP contribution in [0.25, 0.3) is 11.5 Å². The van der Waals surface area contributed by atoms with Crippen LogP contribution in [0.3, 0.4) is 0 Å². The van der Waals surface area contributed by atoms with E-state index in [9.17, 15) is 0 Å². The van der Waals surface area contributed by atoms with E-state index in [4.69, 9.17) is 0 Å². The van der Waals surface area contributed by atoms with Gasteiger partial charge in [0.25, 0.3) is 0 Å². The van der Waals surface area contributed by atoms with E-state index in [0.717, 1.165) is 30.3 Å². The van der Waals surface area contributed by atoms with Crippen LogP contribution in [0.1, 0.15) is 31.2 Å². The van der Waals surface area contributed by atoms with Crippen molar-refractivity contribution in [1.82, 2.24) is 19.7 Å². The molecule has 1 atom stereocenters. The molecule has 0 radical (unpaired) electrons. The summed E-state index contributed by atoms with van der Waals surface area (Å²) in [7, 11) is 0. The average molecular weight is 310 g/mol. The Hall–Kier alpha value is -2.01. The zero-order valence-electron chi connectivity index (χ0n) is 12.7. The Labute approximate surface area is 133 Å². The van der Waals surface area contributed by atoms with E-state index in [-0.39, 0.29) is 5.41 Å². The lowest BCUT2D eigenvalue weighted by Crippen LogP contribution is -2.35. The Balaban J connectivity index is 1.78. The number of nitrogens with zero attached hydrogens (tertiary/aromatic N) is 4. The number of benzene rings is 1. The van der Waals surface area contributed by atoms with Crippen molar-refractivity contribution in [2.24, 2.45) is 5.41 Å². The first kappa shape index (κ1) is 13.6. The predicted molar refractivity (Wildman–Crippen MR) is 87.8 cm³/mol. The molecule has 5 heteroatoms. The zero-order chi connectivity index (χ0) is 15.2. The molecule has 4 rings (SSSR count). The summed E-state index contributed by atoms with van der Waals surface area (Å²) in [5, 5.41) is 10.8. The zero-order valence-corrected chi connectivity index (χ0v) is 13.5. The second-order valence-corrected chi connectivity index (χ2v) is 7.27. The highest BCUT2D eigenvalue weighted by Gasteiger charge is 2.38. The van der Waals surface area contributed by atoms with Gasteiger partial charge in [-0.15, -0.1) is 21.5 Å². The van der Waals surface area contributed by atoms with Gasteiger partial charge in [-0.3, -0.25) is 0 Å². The Morgan fingerprint density at radius 1 is 1.18 bits per heavy atom. The highest BCUT2D eigenvalue weighted by atomic mass is 32.1. The Morgan fingerprint density at radius 3 is 2.73 bits per heavy atom. The first-order valence-electron chi connectivity index (χ1n) is 7.51. The van der Waals surface area contributed by atoms with Gasteiger partial charge in [-0.25, -0.2) is 4.98 Å². The largest absolute Gasteiger partial charge is 0.309 e. The monoisotopic (exact) mass is 310 g/mol. The molecule has 0 aliphatic carbocycles. The SMILES string of the molecule is CC1(C)Cc2nnc(-c3cscn3)n2CC1c1ccccc1. The Morgan fingerprint density at radius 2 is 2.00 bits per heavy atom. The highest BCUT2D eigenvalue weighted by Crippen LogP contribution is 2.43. The molecule has 1 aliphatic rings. The molecular formula is C17H18N4S. The van der Waals surface area contributed by atoms with Gasteiger partial charge in [0.15, 0.2) is 5.82 Å². The minimum atomic E-state index is 0.170. The van der Waals surface area contributed by atoms with Crippen LogP contribution in [0, 0.1) is 5.41 Å². The molecule has 2 aromatic heterocycles. The van der Waals surface area contributed by atoms with Crippen LogP contribution in [0.2, 0.25) is 0 Å². The lowest BCUT2D eigenvalue weighted by molar-refractivity contribution is 0.219. The molecule has 1 aliphatic heterocycles. The predicted octanol–water partition coefficient (Wildman–Crippen LogP) is 3.77. The quantitative estimate of drug-likeness (QED) is 0.723. The average Bonchev–Trinajstić information content (AvgIpc) is 3.15. The van der Waals surface area contributed by atoms with Crippen LogP contribution in [-0.4, -0.2) is 19.7 Å². The molecule has 0 amide bonds. The van der Waals surface area contributed by atoms with Crippen LogP contribution < -0.4 is 0 Å². The van der Waals surface area contributed by atoms with Gasteiger partial charge in [0, 0.05) is 24.3 Å². The van der Waals surface area contributed by atoms with E-state index < -0.39 is 0 Å². The number of aromatic nitrogens is 4. The van der Waals surface area contributed by atoms with Crippen molar-refractivity contribution < 1.29 is 0 Å². The van der Waals surface area contributed by atoms with E-state index in [2.05, 4.69) is 63.9 Å². The summed E-state index contributed by atoms with van der Waals surface area (Å²) in [5.41, 5.74) is 4.33. The van der Waals surface area contributed by atoms with E-state index in [1.165, 1.54) is 5.56 Å². The number of thiazole rings is 1. The van der Waals surface area contributed by atoms with Gasteiger partial charge in [-0.05, 0) is 11.0 Å². The highest BCUT2D eigenvalue weighted by molar-refractivity contribution is 7.07. The molecule has 112 valence electrons. The molecule has 0 fully saturated rings. The van der Waals surface area contributed by atoms with Crippen LogP contribution in [0.5, 0.6) is 0 Å². The van der Waals surface area contributed by atoms with E-state index in [1.807, 2.05) is 10.9 Å². The second-order valence-electron chi connectivity index (χ2n) is 6.55. The summed E-state index contributed by atoms with van der Waals surface area (Å²) in [6.45, 7) is 5.56. The summed E-state index contributed by atoms with van der Waals surface area (Å²) >= 11 is 1.59. The molecule has 0 saturated carbocycles. The molecule has 3 aromatic rings. The smallest absolute Gasteiger partial charge is 0.183 e. The van der Waals surface area contributed by atoms with Gasteiger partial charge >= 0.3 is 0 Å². The maximum Gasteiger partial charge on any atom is 0.183 e.